The van der Waals surface area contributed by atoms with Crippen molar-refractivity contribution in [3.63, 3.8) is 0 Å². The number of hydrogen-bond donors (Lipinski definition) is 2. The van der Waals surface area contributed by atoms with Gasteiger partial charge in [-0.15, -0.1) is 0 Å². The molecule has 0 radical (unpaired) electrons. The Morgan fingerprint density at radius 2 is 2.09 bits per heavy atom. The molecule has 8 heteroatoms. The summed E-state index contributed by atoms with van der Waals surface area (Å²) in [5.41, 5.74) is 6.19. The molecule has 23 heavy (non-hydrogen) atoms. The van der Waals surface area contributed by atoms with E-state index in [0.717, 1.165) is 12.1 Å². The smallest absolute Gasteiger partial charge is 0.259 e. The Morgan fingerprint density at radius 3 is 2.78 bits per heavy atom. The fourth-order valence-electron chi connectivity index (χ4n) is 2.02. The molecular weight excluding hydrogens is 308 g/mol. The lowest BCUT2D eigenvalue weighted by Gasteiger charge is -2.05. The van der Waals surface area contributed by atoms with Crippen LogP contribution in [0.4, 0.5) is 14.7 Å². The first-order chi connectivity index (χ1) is 11.1. The average Bonchev–Trinajstić information content (AvgIpc) is 3.17. The van der Waals surface area contributed by atoms with E-state index in [9.17, 15) is 13.6 Å². The molecule has 0 saturated heterocycles. The largest absolute Gasteiger partial charge is 0.463 e. The lowest BCUT2D eigenvalue weighted by Crippen LogP contribution is -2.24. The molecule has 2 heterocycles. The third-order valence-electron chi connectivity index (χ3n) is 3.14. The normalized spacial score (nSPS) is 10.7. The average molecular weight is 319 g/mol. The van der Waals surface area contributed by atoms with Crippen LogP contribution in [-0.4, -0.2) is 11.1 Å². The highest BCUT2D eigenvalue weighted by Crippen LogP contribution is 2.27. The summed E-state index contributed by atoms with van der Waals surface area (Å²) < 4.78 is 36.0. The van der Waals surface area contributed by atoms with E-state index in [4.69, 9.17) is 14.7 Å². The number of nitrogen functional groups attached to an aromatic ring is 1. The van der Waals surface area contributed by atoms with Gasteiger partial charge in [0, 0.05) is 6.54 Å². The number of anilines is 1. The van der Waals surface area contributed by atoms with Gasteiger partial charge in [-0.3, -0.25) is 4.79 Å². The van der Waals surface area contributed by atoms with Gasteiger partial charge in [-0.1, -0.05) is 11.2 Å². The molecule has 0 aliphatic heterocycles. The van der Waals surface area contributed by atoms with Crippen molar-refractivity contribution in [3.05, 3.63) is 59.4 Å². The molecule has 0 atom stereocenters. The lowest BCUT2D eigenvalue weighted by atomic mass is 10.1. The number of hydrogen-bond acceptors (Lipinski definition) is 5. The number of nitrogens with zero attached hydrogens (tertiary/aromatic N) is 1. The quantitative estimate of drug-likeness (QED) is 0.771. The van der Waals surface area contributed by atoms with E-state index in [1.807, 2.05) is 0 Å². The van der Waals surface area contributed by atoms with Gasteiger partial charge in [0.2, 0.25) is 5.88 Å². The summed E-state index contributed by atoms with van der Waals surface area (Å²) in [4.78, 5) is 12.3. The van der Waals surface area contributed by atoms with Crippen molar-refractivity contribution in [3.8, 4) is 11.5 Å². The van der Waals surface area contributed by atoms with Crippen LogP contribution >= 0.6 is 0 Å². The van der Waals surface area contributed by atoms with E-state index in [-0.39, 0.29) is 23.7 Å². The van der Waals surface area contributed by atoms with Crippen molar-refractivity contribution in [2.24, 2.45) is 0 Å². The molecule has 1 aromatic carbocycles. The Balaban J connectivity index is 1.79. The molecule has 0 fully saturated rings. The van der Waals surface area contributed by atoms with Crippen LogP contribution in [-0.2, 0) is 6.54 Å². The SMILES string of the molecule is Nc1onc(-c2ccco2)c1C(=O)NCc1ccc(F)c(F)c1. The van der Waals surface area contributed by atoms with Gasteiger partial charge in [-0.2, -0.15) is 0 Å². The minimum absolute atomic E-state index is 0.0156. The van der Waals surface area contributed by atoms with Crippen LogP contribution in [0, 0.1) is 11.6 Å². The summed E-state index contributed by atoms with van der Waals surface area (Å²) in [6.45, 7) is -0.0156. The first-order valence-corrected chi connectivity index (χ1v) is 6.57. The molecule has 0 aliphatic carbocycles. The molecule has 0 bridgehead atoms. The third kappa shape index (κ3) is 2.91. The molecule has 0 unspecified atom stereocenters. The summed E-state index contributed by atoms with van der Waals surface area (Å²) in [7, 11) is 0. The van der Waals surface area contributed by atoms with E-state index in [0.29, 0.717) is 11.3 Å². The van der Waals surface area contributed by atoms with Gasteiger partial charge in [-0.05, 0) is 29.8 Å². The van der Waals surface area contributed by atoms with Crippen molar-refractivity contribution in [2.75, 3.05) is 5.73 Å². The van der Waals surface area contributed by atoms with E-state index in [1.54, 1.807) is 12.1 Å². The van der Waals surface area contributed by atoms with Crippen molar-refractivity contribution >= 4 is 11.8 Å². The van der Waals surface area contributed by atoms with Crippen LogP contribution in [0.2, 0.25) is 0 Å². The second-order valence-corrected chi connectivity index (χ2v) is 4.68. The summed E-state index contributed by atoms with van der Waals surface area (Å²) in [6, 6.07) is 6.58. The number of nitrogens with one attached hydrogen (secondary N) is 1. The zero-order chi connectivity index (χ0) is 16.4. The molecule has 0 saturated carbocycles. The summed E-state index contributed by atoms with van der Waals surface area (Å²) in [5, 5.41) is 6.24. The summed E-state index contributed by atoms with van der Waals surface area (Å²) in [6.07, 6.45) is 1.42. The van der Waals surface area contributed by atoms with Gasteiger partial charge in [-0.25, -0.2) is 8.78 Å². The molecule has 6 nitrogen and oxygen atoms in total. The maximum Gasteiger partial charge on any atom is 0.259 e. The number of carbonyl (C=O) groups excluding carboxylic acids is 1. The van der Waals surface area contributed by atoms with Crippen LogP contribution in [0.3, 0.4) is 0 Å². The Morgan fingerprint density at radius 1 is 1.26 bits per heavy atom. The Bertz CT molecular complexity index is 844. The van der Waals surface area contributed by atoms with Crippen molar-refractivity contribution in [2.45, 2.75) is 6.54 Å². The summed E-state index contributed by atoms with van der Waals surface area (Å²) in [5.74, 6) is -2.36. The zero-order valence-corrected chi connectivity index (χ0v) is 11.7. The predicted octanol–water partition coefficient (Wildman–Crippen LogP) is 2.73. The highest BCUT2D eigenvalue weighted by atomic mass is 19.2. The van der Waals surface area contributed by atoms with Crippen LogP contribution in [0.15, 0.2) is 45.5 Å². The fourth-order valence-corrected chi connectivity index (χ4v) is 2.02. The zero-order valence-electron chi connectivity index (χ0n) is 11.7. The number of carbonyl (C=O) groups is 1. The van der Waals surface area contributed by atoms with Gasteiger partial charge in [0.15, 0.2) is 23.1 Å². The second-order valence-electron chi connectivity index (χ2n) is 4.68. The molecule has 0 aliphatic rings. The Labute approximate surface area is 128 Å². The van der Waals surface area contributed by atoms with Crippen molar-refractivity contribution in [1.29, 1.82) is 0 Å². The maximum atomic E-state index is 13.1. The number of rotatable bonds is 4. The topological polar surface area (TPSA) is 94.3 Å². The van der Waals surface area contributed by atoms with E-state index in [2.05, 4.69) is 10.5 Å². The van der Waals surface area contributed by atoms with Gasteiger partial charge in [0.25, 0.3) is 5.91 Å². The molecular formula is C15H11F2N3O3. The number of nitrogens with two attached hydrogens (primary N) is 1. The first-order valence-electron chi connectivity index (χ1n) is 6.57. The summed E-state index contributed by atoms with van der Waals surface area (Å²) >= 11 is 0. The van der Waals surface area contributed by atoms with Gasteiger partial charge in [0.1, 0.15) is 5.56 Å². The lowest BCUT2D eigenvalue weighted by molar-refractivity contribution is 0.0952. The van der Waals surface area contributed by atoms with Crippen LogP contribution in [0.5, 0.6) is 0 Å². The minimum atomic E-state index is -0.988. The Hall–Kier alpha value is -3.16. The molecule has 3 aromatic rings. The molecule has 3 rings (SSSR count). The second kappa shape index (κ2) is 5.91. The molecule has 2 aromatic heterocycles. The van der Waals surface area contributed by atoms with Crippen LogP contribution < -0.4 is 11.1 Å². The van der Waals surface area contributed by atoms with Crippen molar-refractivity contribution in [1.82, 2.24) is 10.5 Å². The number of benzene rings is 1. The van der Waals surface area contributed by atoms with E-state index < -0.39 is 17.5 Å². The number of aromatic nitrogens is 1. The van der Waals surface area contributed by atoms with E-state index in [1.165, 1.54) is 12.3 Å². The highest BCUT2D eigenvalue weighted by molar-refractivity contribution is 6.03. The van der Waals surface area contributed by atoms with Gasteiger partial charge < -0.3 is 20.0 Å². The van der Waals surface area contributed by atoms with E-state index >= 15 is 0 Å². The first kappa shape index (κ1) is 14.8. The monoisotopic (exact) mass is 319 g/mol. The highest BCUT2D eigenvalue weighted by Gasteiger charge is 2.23. The molecule has 1 amide bonds. The number of amides is 1. The maximum absolute atomic E-state index is 13.1. The van der Waals surface area contributed by atoms with Crippen LogP contribution in [0.1, 0.15) is 15.9 Å². The molecule has 3 N–H and O–H groups in total. The van der Waals surface area contributed by atoms with Crippen LogP contribution in [0.25, 0.3) is 11.5 Å². The van der Waals surface area contributed by atoms with Gasteiger partial charge in [0.05, 0.1) is 6.26 Å². The minimum Gasteiger partial charge on any atom is -0.463 e. The standard InChI is InChI=1S/C15H11F2N3O3/c16-9-4-3-8(6-10(9)17)7-19-15(21)12-13(20-23-14(12)18)11-2-1-5-22-11/h1-6H,7,18H2,(H,19,21). The fraction of sp³-hybridized carbons (Fsp3) is 0.0667. The van der Waals surface area contributed by atoms with Gasteiger partial charge >= 0.3 is 0 Å². The van der Waals surface area contributed by atoms with Crippen molar-refractivity contribution < 1.29 is 22.5 Å². The molecule has 0 spiro atoms. The molecule has 118 valence electrons. The Kier molecular flexibility index (Phi) is 3.80. The third-order valence-corrected chi connectivity index (χ3v) is 3.14. The predicted molar refractivity (Wildman–Crippen MR) is 76.1 cm³/mol. The number of furan rings is 1. The number of halogens is 2.